The summed E-state index contributed by atoms with van der Waals surface area (Å²) < 4.78 is 0. The predicted octanol–water partition coefficient (Wildman–Crippen LogP) is 3.62. The lowest BCUT2D eigenvalue weighted by Gasteiger charge is -2.29. The van der Waals surface area contributed by atoms with Crippen LogP contribution in [0.5, 0.6) is 0 Å². The van der Waals surface area contributed by atoms with E-state index < -0.39 is 0 Å². The van der Waals surface area contributed by atoms with Crippen molar-refractivity contribution in [1.82, 2.24) is 10.2 Å². The summed E-state index contributed by atoms with van der Waals surface area (Å²) in [5, 5.41) is 3.19. The average Bonchev–Trinajstić information content (AvgIpc) is 2.60. The van der Waals surface area contributed by atoms with Gasteiger partial charge in [-0.05, 0) is 36.5 Å². The molecule has 0 unspecified atom stereocenters. The molecule has 0 saturated carbocycles. The molecule has 0 radical (unpaired) electrons. The van der Waals surface area contributed by atoms with Gasteiger partial charge in [-0.15, -0.1) is 0 Å². The maximum Gasteiger partial charge on any atom is 0.234 e. The Kier molecular flexibility index (Phi) is 5.31. The van der Waals surface area contributed by atoms with Crippen molar-refractivity contribution >= 4 is 5.91 Å². The molecule has 0 spiro atoms. The molecular weight excluding hydrogens is 296 g/mol. The molecule has 3 rings (SSSR count). The molecule has 3 nitrogen and oxygen atoms in total. The number of nitrogens with one attached hydrogen (secondary N) is 1. The van der Waals surface area contributed by atoms with Crippen molar-refractivity contribution in [3.8, 4) is 0 Å². The standard InChI is InChI=1S/C21H26N2O/c1-3-20(18-10-8-16(2)9-11-18)22-21(24)15-23-13-12-17-6-4-5-7-19(17)14-23/h4-11,20H,3,12-15H2,1-2H3,(H,22,24)/t20-/m1/s1. The molecule has 2 aromatic carbocycles. The van der Waals surface area contributed by atoms with E-state index in [4.69, 9.17) is 0 Å². The van der Waals surface area contributed by atoms with E-state index in [0.717, 1.165) is 25.9 Å². The lowest BCUT2D eigenvalue weighted by atomic mass is 10.00. The van der Waals surface area contributed by atoms with Gasteiger partial charge in [0.25, 0.3) is 0 Å². The van der Waals surface area contributed by atoms with E-state index in [0.29, 0.717) is 6.54 Å². The van der Waals surface area contributed by atoms with Gasteiger partial charge in [0.05, 0.1) is 12.6 Å². The molecule has 1 atom stereocenters. The quantitative estimate of drug-likeness (QED) is 0.912. The maximum absolute atomic E-state index is 12.5. The molecule has 1 N–H and O–H groups in total. The minimum absolute atomic E-state index is 0.0928. The van der Waals surface area contributed by atoms with Crippen LogP contribution in [0, 0.1) is 6.92 Å². The number of hydrogen-bond acceptors (Lipinski definition) is 2. The topological polar surface area (TPSA) is 32.3 Å². The Morgan fingerprint density at radius 1 is 1.12 bits per heavy atom. The van der Waals surface area contributed by atoms with E-state index in [-0.39, 0.29) is 11.9 Å². The van der Waals surface area contributed by atoms with Crippen molar-refractivity contribution in [2.45, 2.75) is 39.3 Å². The highest BCUT2D eigenvalue weighted by molar-refractivity contribution is 5.78. The lowest BCUT2D eigenvalue weighted by molar-refractivity contribution is -0.123. The van der Waals surface area contributed by atoms with Crippen LogP contribution >= 0.6 is 0 Å². The molecule has 1 heterocycles. The van der Waals surface area contributed by atoms with Gasteiger partial charge in [0, 0.05) is 13.1 Å². The van der Waals surface area contributed by atoms with Gasteiger partial charge in [0.2, 0.25) is 5.91 Å². The first-order valence-electron chi connectivity index (χ1n) is 8.80. The lowest BCUT2D eigenvalue weighted by Crippen LogP contribution is -2.41. The number of rotatable bonds is 5. The number of amides is 1. The van der Waals surface area contributed by atoms with E-state index in [1.165, 1.54) is 22.3 Å². The molecule has 0 fully saturated rings. The van der Waals surface area contributed by atoms with Gasteiger partial charge in [-0.2, -0.15) is 0 Å². The number of carbonyl (C=O) groups is 1. The van der Waals surface area contributed by atoms with Crippen molar-refractivity contribution in [3.63, 3.8) is 0 Å². The summed E-state index contributed by atoms with van der Waals surface area (Å²) in [5.41, 5.74) is 5.19. The van der Waals surface area contributed by atoms with Gasteiger partial charge >= 0.3 is 0 Å². The summed E-state index contributed by atoms with van der Waals surface area (Å²) in [4.78, 5) is 14.7. The number of hydrogen-bond donors (Lipinski definition) is 1. The molecule has 1 aliphatic rings. The Balaban J connectivity index is 1.58. The smallest absolute Gasteiger partial charge is 0.234 e. The SMILES string of the molecule is CC[C@@H](NC(=O)CN1CCc2ccccc2C1)c1ccc(C)cc1. The zero-order valence-electron chi connectivity index (χ0n) is 14.6. The van der Waals surface area contributed by atoms with Crippen LogP contribution in [-0.4, -0.2) is 23.9 Å². The first-order chi connectivity index (χ1) is 11.7. The van der Waals surface area contributed by atoms with E-state index >= 15 is 0 Å². The summed E-state index contributed by atoms with van der Waals surface area (Å²) in [6.07, 6.45) is 1.93. The van der Waals surface area contributed by atoms with Crippen molar-refractivity contribution in [2.75, 3.05) is 13.1 Å². The Bertz CT molecular complexity index is 693. The number of nitrogens with zero attached hydrogens (tertiary/aromatic N) is 1. The second-order valence-electron chi connectivity index (χ2n) is 6.67. The van der Waals surface area contributed by atoms with Gasteiger partial charge < -0.3 is 5.32 Å². The highest BCUT2D eigenvalue weighted by Gasteiger charge is 2.19. The van der Waals surface area contributed by atoms with Crippen molar-refractivity contribution in [3.05, 3.63) is 70.8 Å². The second-order valence-corrected chi connectivity index (χ2v) is 6.67. The maximum atomic E-state index is 12.5. The number of aryl methyl sites for hydroxylation is 1. The van der Waals surface area contributed by atoms with Crippen LogP contribution in [0.15, 0.2) is 48.5 Å². The summed E-state index contributed by atoms with van der Waals surface area (Å²) in [5.74, 6) is 0.113. The van der Waals surface area contributed by atoms with Gasteiger partial charge in [-0.1, -0.05) is 61.0 Å². The molecular formula is C21H26N2O. The molecule has 3 heteroatoms. The summed E-state index contributed by atoms with van der Waals surface area (Å²) in [7, 11) is 0. The zero-order valence-corrected chi connectivity index (χ0v) is 14.6. The molecule has 1 amide bonds. The zero-order chi connectivity index (χ0) is 16.9. The second kappa shape index (κ2) is 7.63. The third-order valence-electron chi connectivity index (χ3n) is 4.80. The third-order valence-corrected chi connectivity index (χ3v) is 4.80. The molecule has 0 saturated heterocycles. The fraction of sp³-hybridized carbons (Fsp3) is 0.381. The van der Waals surface area contributed by atoms with Crippen LogP contribution in [-0.2, 0) is 17.8 Å². The van der Waals surface area contributed by atoms with Crippen LogP contribution in [0.3, 0.4) is 0 Å². The van der Waals surface area contributed by atoms with E-state index in [1.54, 1.807) is 0 Å². The minimum atomic E-state index is 0.0928. The third kappa shape index (κ3) is 4.04. The highest BCUT2D eigenvalue weighted by atomic mass is 16.2. The van der Waals surface area contributed by atoms with E-state index in [9.17, 15) is 4.79 Å². The fourth-order valence-electron chi connectivity index (χ4n) is 3.35. The molecule has 1 aliphatic heterocycles. The predicted molar refractivity (Wildman–Crippen MR) is 97.8 cm³/mol. The van der Waals surface area contributed by atoms with Gasteiger partial charge in [-0.3, -0.25) is 9.69 Å². The highest BCUT2D eigenvalue weighted by Crippen LogP contribution is 2.19. The molecule has 24 heavy (non-hydrogen) atoms. The normalized spacial score (nSPS) is 15.6. The number of carbonyl (C=O) groups excluding carboxylic acids is 1. The van der Waals surface area contributed by atoms with E-state index in [1.807, 2.05) is 0 Å². The molecule has 0 bridgehead atoms. The van der Waals surface area contributed by atoms with Gasteiger partial charge in [0.15, 0.2) is 0 Å². The molecule has 2 aromatic rings. The Labute approximate surface area is 144 Å². The summed E-state index contributed by atoms with van der Waals surface area (Å²) in [6, 6.07) is 17.0. The molecule has 0 aliphatic carbocycles. The van der Waals surface area contributed by atoms with Crippen molar-refractivity contribution < 1.29 is 4.79 Å². The van der Waals surface area contributed by atoms with Crippen LogP contribution in [0.4, 0.5) is 0 Å². The largest absolute Gasteiger partial charge is 0.348 e. The summed E-state index contributed by atoms with van der Waals surface area (Å²) >= 11 is 0. The minimum Gasteiger partial charge on any atom is -0.348 e. The van der Waals surface area contributed by atoms with Crippen molar-refractivity contribution in [1.29, 1.82) is 0 Å². The number of benzene rings is 2. The van der Waals surface area contributed by atoms with Crippen LogP contribution in [0.1, 0.15) is 41.6 Å². The Morgan fingerprint density at radius 3 is 2.54 bits per heavy atom. The molecule has 0 aromatic heterocycles. The van der Waals surface area contributed by atoms with Gasteiger partial charge in [0.1, 0.15) is 0 Å². The van der Waals surface area contributed by atoms with Crippen LogP contribution in [0.2, 0.25) is 0 Å². The fourth-order valence-corrected chi connectivity index (χ4v) is 3.35. The van der Waals surface area contributed by atoms with Crippen molar-refractivity contribution in [2.24, 2.45) is 0 Å². The number of fused-ring (bicyclic) bond motifs is 1. The Morgan fingerprint density at radius 2 is 1.83 bits per heavy atom. The van der Waals surface area contributed by atoms with Crippen LogP contribution < -0.4 is 5.32 Å². The van der Waals surface area contributed by atoms with E-state index in [2.05, 4.69) is 72.6 Å². The summed E-state index contributed by atoms with van der Waals surface area (Å²) in [6.45, 7) is 6.48. The van der Waals surface area contributed by atoms with Crippen LogP contribution in [0.25, 0.3) is 0 Å². The molecule has 126 valence electrons. The van der Waals surface area contributed by atoms with Gasteiger partial charge in [-0.25, -0.2) is 0 Å². The first kappa shape index (κ1) is 16.7. The first-order valence-corrected chi connectivity index (χ1v) is 8.80. The monoisotopic (exact) mass is 322 g/mol. The average molecular weight is 322 g/mol. The Hall–Kier alpha value is -2.13.